The molecule has 5 aromatic carbocycles. The second-order valence-corrected chi connectivity index (χ2v) is 21.4. The van der Waals surface area contributed by atoms with E-state index >= 15 is 4.57 Å². The van der Waals surface area contributed by atoms with E-state index in [1.54, 1.807) is 45.3 Å². The lowest BCUT2D eigenvalue weighted by Gasteiger charge is -2.21. The first-order valence-electron chi connectivity index (χ1n) is 14.8. The molecule has 222 valence electrons. The topological polar surface area (TPSA) is 37.3 Å². The van der Waals surface area contributed by atoms with Gasteiger partial charge in [-0.15, -0.1) is 34.0 Å². The summed E-state index contributed by atoms with van der Waals surface area (Å²) in [4.78, 5) is 12.9. The molecule has 0 bridgehead atoms. The molecule has 9 rings (SSSR count). The Balaban J connectivity index is 1.22. The van der Waals surface area contributed by atoms with Crippen LogP contribution in [0, 0.1) is 0 Å². The van der Waals surface area contributed by atoms with Crippen LogP contribution in [0.25, 0.3) is 40.3 Å². The number of fused-ring (bicyclic) bond motifs is 6. The molecule has 4 aromatic heterocycles. The minimum atomic E-state index is -3.21. The smallest absolute Gasteiger partial charge is 0.248 e. The van der Waals surface area contributed by atoms with Gasteiger partial charge in [-0.3, -0.25) is 0 Å². The van der Waals surface area contributed by atoms with Gasteiger partial charge in [0.15, 0.2) is 11.8 Å². The first kappa shape index (κ1) is 28.8. The Labute approximate surface area is 282 Å². The Bertz CT molecular complexity index is 2580. The van der Waals surface area contributed by atoms with Crippen LogP contribution in [0.4, 0.5) is 0 Å². The van der Waals surface area contributed by atoms with E-state index in [1.165, 1.54) is 30.3 Å². The van der Waals surface area contributed by atoms with Gasteiger partial charge in [-0.2, -0.15) is 0 Å². The summed E-state index contributed by atoms with van der Waals surface area (Å²) in [5.41, 5.74) is 0. The molecule has 8 heteroatoms. The number of benzene rings is 5. The highest BCUT2D eigenvalue weighted by Crippen LogP contribution is 2.54. The van der Waals surface area contributed by atoms with Crippen molar-refractivity contribution in [3.8, 4) is 0 Å². The normalized spacial score (nSPS) is 14.6. The molecule has 1 N–H and O–H groups in total. The Hall–Kier alpha value is -3.44. The summed E-state index contributed by atoms with van der Waals surface area (Å²) in [7, 11) is -6.19. The third kappa shape index (κ3) is 4.37. The second kappa shape index (κ2) is 11.1. The van der Waals surface area contributed by atoms with Crippen LogP contribution in [0.2, 0.25) is 0 Å². The molecule has 2 nitrogen and oxygen atoms in total. The number of hydrogen-bond donors (Lipinski definition) is 1. The van der Waals surface area contributed by atoms with E-state index in [1.807, 2.05) is 84.9 Å². The van der Waals surface area contributed by atoms with Crippen LogP contribution in [0.15, 0.2) is 144 Å². The molecule has 0 aliphatic heterocycles. The van der Waals surface area contributed by atoms with Crippen LogP contribution in [0.3, 0.4) is 0 Å². The fourth-order valence-electron chi connectivity index (χ4n) is 6.38. The molecule has 46 heavy (non-hydrogen) atoms. The molecule has 2 unspecified atom stereocenters. The Morgan fingerprint density at radius 2 is 1.02 bits per heavy atom. The van der Waals surface area contributed by atoms with E-state index in [0.717, 1.165) is 40.5 Å². The largest absolute Gasteiger partial charge is 0.308 e. The lowest BCUT2D eigenvalue weighted by Crippen LogP contribution is -2.30. The zero-order valence-corrected chi connectivity index (χ0v) is 29.3. The molecular weight excluding hydrogens is 679 g/mol. The first-order chi connectivity index (χ1) is 22.5. The summed E-state index contributed by atoms with van der Waals surface area (Å²) in [6, 6.07) is 45.3. The average Bonchev–Trinajstić information content (AvgIpc) is 3.93. The van der Waals surface area contributed by atoms with Crippen molar-refractivity contribution in [2.45, 2.75) is 0 Å². The summed E-state index contributed by atoms with van der Waals surface area (Å²) in [6.45, 7) is 0. The fourth-order valence-corrected chi connectivity index (χ4v) is 17.1. The number of hydrogen-bond acceptors (Lipinski definition) is 6. The number of thiophene rings is 4. The summed E-state index contributed by atoms with van der Waals surface area (Å²) in [5, 5.41) is 12.4. The Morgan fingerprint density at radius 1 is 0.500 bits per heavy atom. The first-order valence-corrected chi connectivity index (χ1v) is 21.6. The predicted molar refractivity (Wildman–Crippen MR) is 208 cm³/mol. The van der Waals surface area contributed by atoms with Gasteiger partial charge in [0.05, 0.1) is 4.62 Å². The summed E-state index contributed by atoms with van der Waals surface area (Å²) in [5.74, 6) is 0. The maximum atomic E-state index is 15.5. The van der Waals surface area contributed by atoms with Gasteiger partial charge in [0.1, 0.15) is 10.6 Å². The summed E-state index contributed by atoms with van der Waals surface area (Å²) in [6.07, 6.45) is 0. The minimum absolute atomic E-state index is 0.770. The van der Waals surface area contributed by atoms with Gasteiger partial charge >= 0.3 is 0 Å². The van der Waals surface area contributed by atoms with Crippen molar-refractivity contribution in [1.82, 2.24) is 0 Å². The quantitative estimate of drug-likeness (QED) is 0.175. The zero-order valence-electron chi connectivity index (χ0n) is 24.2. The van der Waals surface area contributed by atoms with Crippen LogP contribution in [0.5, 0.6) is 0 Å². The molecule has 4 heterocycles. The predicted octanol–water partition coefficient (Wildman–Crippen LogP) is 9.39. The molecule has 0 radical (unpaired) electrons. The lowest BCUT2D eigenvalue weighted by molar-refractivity contribution is 0.593. The monoisotopic (exact) mass is 703 g/mol. The Kier molecular flexibility index (Phi) is 6.93. The van der Waals surface area contributed by atoms with Gasteiger partial charge < -0.3 is 4.57 Å². The average molecular weight is 704 g/mol. The van der Waals surface area contributed by atoms with E-state index < -0.39 is 14.6 Å². The van der Waals surface area contributed by atoms with Crippen LogP contribution in [-0.2, 0) is 4.57 Å². The van der Waals surface area contributed by atoms with E-state index in [4.69, 9.17) is 0 Å². The molecular formula is C38H25O2P2S4+. The van der Waals surface area contributed by atoms with Gasteiger partial charge in [-0.1, -0.05) is 59.9 Å². The van der Waals surface area contributed by atoms with E-state index in [0.29, 0.717) is 0 Å². The minimum Gasteiger partial charge on any atom is -0.308 e. The molecule has 0 amide bonds. The lowest BCUT2D eigenvalue weighted by atomic mass is 10.2. The summed E-state index contributed by atoms with van der Waals surface area (Å²) < 4.78 is 22.2. The second-order valence-electron chi connectivity index (χ2n) is 11.2. The van der Waals surface area contributed by atoms with Crippen LogP contribution in [0.1, 0.15) is 0 Å². The molecule has 0 aliphatic carbocycles. The van der Waals surface area contributed by atoms with Crippen LogP contribution in [-0.4, -0.2) is 4.89 Å². The van der Waals surface area contributed by atoms with Crippen LogP contribution < -0.4 is 30.5 Å². The molecule has 0 saturated heterocycles. The van der Waals surface area contributed by atoms with Crippen molar-refractivity contribution < 1.29 is 9.46 Å². The standard InChI is InChI=1S/C38H25O2P2S4/c39-41(25-7-3-1-4-8-25,37-23-31-29-19-21-43-33(29)15-17-35(31)45-37)27-11-13-28(14-12-27)42(40,26-9-5-2-6-10-26)38-24-32-30-20-22-44-34(30)16-18-36(32)46-38/h1-24,39H/q+1. The van der Waals surface area contributed by atoms with Crippen molar-refractivity contribution in [1.29, 1.82) is 0 Å². The molecule has 0 spiro atoms. The Morgan fingerprint density at radius 3 is 1.67 bits per heavy atom. The van der Waals surface area contributed by atoms with Crippen molar-refractivity contribution in [3.05, 3.63) is 144 Å². The van der Waals surface area contributed by atoms with Gasteiger partial charge in [0.2, 0.25) is 7.49 Å². The number of rotatable bonds is 6. The van der Waals surface area contributed by atoms with Crippen LogP contribution >= 0.6 is 60.0 Å². The molecule has 9 aromatic rings. The summed E-state index contributed by atoms with van der Waals surface area (Å²) >= 11 is 6.76. The van der Waals surface area contributed by atoms with Gasteiger partial charge in [0, 0.05) is 57.0 Å². The van der Waals surface area contributed by atoms with E-state index in [9.17, 15) is 4.89 Å². The van der Waals surface area contributed by atoms with Crippen molar-refractivity contribution in [2.24, 2.45) is 0 Å². The zero-order chi connectivity index (χ0) is 30.9. The van der Waals surface area contributed by atoms with E-state index in [2.05, 4.69) is 59.3 Å². The third-order valence-corrected chi connectivity index (χ3v) is 20.0. The van der Waals surface area contributed by atoms with Gasteiger partial charge in [-0.05, 0) is 89.6 Å². The maximum Gasteiger partial charge on any atom is 0.248 e. The molecule has 0 aliphatic rings. The van der Waals surface area contributed by atoms with Crippen molar-refractivity contribution >= 4 is 131 Å². The highest BCUT2D eigenvalue weighted by molar-refractivity contribution is 7.94. The highest BCUT2D eigenvalue weighted by atomic mass is 32.1. The van der Waals surface area contributed by atoms with Gasteiger partial charge in [-0.25, -0.2) is 4.89 Å². The van der Waals surface area contributed by atoms with Crippen molar-refractivity contribution in [2.75, 3.05) is 0 Å². The maximum absolute atomic E-state index is 15.5. The molecule has 0 saturated carbocycles. The fraction of sp³-hybridized carbons (Fsp3) is 0. The third-order valence-electron chi connectivity index (χ3n) is 8.70. The highest BCUT2D eigenvalue weighted by Gasteiger charge is 2.46. The van der Waals surface area contributed by atoms with E-state index in [-0.39, 0.29) is 0 Å². The SMILES string of the molecule is O=P(c1ccccc1)(c1ccc([P+](O)(c2ccccc2)c2cc3c(ccc4sccc43)s2)cc1)c1cc2c(ccc3sccc32)s1. The molecule has 2 atom stereocenters. The van der Waals surface area contributed by atoms with Gasteiger partial charge in [0.25, 0.3) is 0 Å². The molecule has 0 fully saturated rings. The van der Waals surface area contributed by atoms with Crippen molar-refractivity contribution in [3.63, 3.8) is 0 Å².